The number of amides is 1. The quantitative estimate of drug-likeness (QED) is 0.578. The number of para-hydroxylation sites is 1. The summed E-state index contributed by atoms with van der Waals surface area (Å²) in [5.41, 5.74) is 2.15. The Morgan fingerprint density at radius 3 is 2.37 bits per heavy atom. The molecular formula is C23H24N2O3S2. The number of carbonyl (C=O) groups excluding carboxylic acids is 1. The second-order valence-corrected chi connectivity index (χ2v) is 10.1. The Hall–Kier alpha value is -2.61. The number of anilines is 1. The van der Waals surface area contributed by atoms with Crippen LogP contribution in [0.15, 0.2) is 87.5 Å². The summed E-state index contributed by atoms with van der Waals surface area (Å²) in [6, 6.07) is 22.6. The highest BCUT2D eigenvalue weighted by Gasteiger charge is 2.25. The highest BCUT2D eigenvalue weighted by Crippen LogP contribution is 2.33. The minimum absolute atomic E-state index is 0.220. The first-order chi connectivity index (χ1) is 14.3. The molecule has 0 aromatic heterocycles. The fourth-order valence-corrected chi connectivity index (χ4v) is 5.26. The van der Waals surface area contributed by atoms with Crippen LogP contribution in [0.5, 0.6) is 0 Å². The lowest BCUT2D eigenvalue weighted by molar-refractivity contribution is -0.116. The molecule has 30 heavy (non-hydrogen) atoms. The van der Waals surface area contributed by atoms with Gasteiger partial charge in [-0.25, -0.2) is 8.42 Å². The van der Waals surface area contributed by atoms with Crippen molar-refractivity contribution in [1.29, 1.82) is 0 Å². The van der Waals surface area contributed by atoms with Crippen molar-refractivity contribution in [2.45, 2.75) is 28.5 Å². The maximum absolute atomic E-state index is 12.9. The van der Waals surface area contributed by atoms with Gasteiger partial charge in [0.15, 0.2) is 0 Å². The van der Waals surface area contributed by atoms with Crippen LogP contribution in [0.3, 0.4) is 0 Å². The predicted octanol–water partition coefficient (Wildman–Crippen LogP) is 4.71. The van der Waals surface area contributed by atoms with E-state index in [9.17, 15) is 13.2 Å². The molecule has 0 aliphatic heterocycles. The molecule has 0 atom stereocenters. The second-order valence-electron chi connectivity index (χ2n) is 6.99. The standard InChI is InChI=1S/C23H24N2O3S2/c1-17-13-14-18(2)22(15-17)30(27,28)25(3)16-23(26)24-20-11-7-8-12-21(20)29-19-9-5-4-6-10-19/h4-15H,16H2,1-3H3,(H,24,26). The van der Waals surface area contributed by atoms with Gasteiger partial charge in [-0.05, 0) is 55.3 Å². The molecular weight excluding hydrogens is 416 g/mol. The highest BCUT2D eigenvalue weighted by atomic mass is 32.2. The average molecular weight is 441 g/mol. The van der Waals surface area contributed by atoms with Gasteiger partial charge in [0.25, 0.3) is 0 Å². The minimum Gasteiger partial charge on any atom is -0.324 e. The van der Waals surface area contributed by atoms with Crippen molar-refractivity contribution >= 4 is 33.4 Å². The van der Waals surface area contributed by atoms with Gasteiger partial charge in [-0.15, -0.1) is 0 Å². The molecule has 3 aromatic carbocycles. The molecule has 3 rings (SSSR count). The van der Waals surface area contributed by atoms with Crippen molar-refractivity contribution in [3.05, 3.63) is 83.9 Å². The van der Waals surface area contributed by atoms with E-state index < -0.39 is 15.9 Å². The van der Waals surface area contributed by atoms with Crippen LogP contribution >= 0.6 is 11.8 Å². The van der Waals surface area contributed by atoms with Gasteiger partial charge in [0.05, 0.1) is 17.1 Å². The molecule has 0 saturated heterocycles. The number of benzene rings is 3. The second kappa shape index (κ2) is 9.47. The summed E-state index contributed by atoms with van der Waals surface area (Å²) in [6.45, 7) is 3.31. The van der Waals surface area contributed by atoms with Crippen LogP contribution < -0.4 is 5.32 Å². The predicted molar refractivity (Wildman–Crippen MR) is 121 cm³/mol. The van der Waals surface area contributed by atoms with Gasteiger partial charge < -0.3 is 5.32 Å². The van der Waals surface area contributed by atoms with Crippen LogP contribution in [0.2, 0.25) is 0 Å². The lowest BCUT2D eigenvalue weighted by Crippen LogP contribution is -2.35. The molecule has 156 valence electrons. The van der Waals surface area contributed by atoms with Crippen molar-refractivity contribution < 1.29 is 13.2 Å². The number of sulfonamides is 1. The number of likely N-dealkylation sites (N-methyl/N-ethyl adjacent to an activating group) is 1. The van der Waals surface area contributed by atoms with Crippen LogP contribution in [0.1, 0.15) is 11.1 Å². The third-order valence-electron chi connectivity index (χ3n) is 4.53. The molecule has 0 aliphatic rings. The summed E-state index contributed by atoms with van der Waals surface area (Å²) in [7, 11) is -2.35. The molecule has 0 radical (unpaired) electrons. The number of nitrogens with one attached hydrogen (secondary N) is 1. The number of nitrogens with zero attached hydrogens (tertiary/aromatic N) is 1. The van der Waals surface area contributed by atoms with Crippen molar-refractivity contribution in [3.63, 3.8) is 0 Å². The Labute approximate surface area is 182 Å². The van der Waals surface area contributed by atoms with E-state index in [2.05, 4.69) is 5.32 Å². The lowest BCUT2D eigenvalue weighted by atomic mass is 10.2. The van der Waals surface area contributed by atoms with Crippen LogP contribution in [-0.2, 0) is 14.8 Å². The smallest absolute Gasteiger partial charge is 0.243 e. The molecule has 0 heterocycles. The topological polar surface area (TPSA) is 66.5 Å². The fourth-order valence-electron chi connectivity index (χ4n) is 2.90. The van der Waals surface area contributed by atoms with E-state index in [1.807, 2.05) is 67.6 Å². The molecule has 7 heteroatoms. The van der Waals surface area contributed by atoms with Crippen molar-refractivity contribution in [2.75, 3.05) is 18.9 Å². The Bertz CT molecular complexity index is 1150. The normalized spacial score (nSPS) is 11.5. The highest BCUT2D eigenvalue weighted by molar-refractivity contribution is 7.99. The summed E-state index contributed by atoms with van der Waals surface area (Å²) >= 11 is 1.53. The largest absolute Gasteiger partial charge is 0.324 e. The molecule has 0 fully saturated rings. The van der Waals surface area contributed by atoms with Crippen molar-refractivity contribution in [2.24, 2.45) is 0 Å². The molecule has 1 amide bonds. The first kappa shape index (κ1) is 22.1. The molecule has 0 spiro atoms. The van der Waals surface area contributed by atoms with E-state index in [-0.39, 0.29) is 11.4 Å². The van der Waals surface area contributed by atoms with Gasteiger partial charge in [-0.3, -0.25) is 4.79 Å². The lowest BCUT2D eigenvalue weighted by Gasteiger charge is -2.19. The van der Waals surface area contributed by atoms with Gasteiger partial charge in [0, 0.05) is 16.8 Å². The Morgan fingerprint density at radius 2 is 1.63 bits per heavy atom. The maximum atomic E-state index is 12.9. The molecule has 5 nitrogen and oxygen atoms in total. The Balaban J connectivity index is 1.74. The molecule has 3 aromatic rings. The van der Waals surface area contributed by atoms with Gasteiger partial charge in [-0.1, -0.05) is 54.2 Å². The summed E-state index contributed by atoms with van der Waals surface area (Å²) in [4.78, 5) is 14.8. The van der Waals surface area contributed by atoms with Crippen molar-refractivity contribution in [1.82, 2.24) is 4.31 Å². The van der Waals surface area contributed by atoms with E-state index in [0.29, 0.717) is 11.3 Å². The number of aryl methyl sites for hydroxylation is 2. The molecule has 0 aliphatic carbocycles. The number of hydrogen-bond acceptors (Lipinski definition) is 4. The van der Waals surface area contributed by atoms with Gasteiger partial charge in [-0.2, -0.15) is 4.31 Å². The summed E-state index contributed by atoms with van der Waals surface area (Å²) in [5, 5.41) is 2.85. The van der Waals surface area contributed by atoms with Gasteiger partial charge >= 0.3 is 0 Å². The van der Waals surface area contributed by atoms with Crippen LogP contribution in [0.4, 0.5) is 5.69 Å². The Morgan fingerprint density at radius 1 is 0.967 bits per heavy atom. The minimum atomic E-state index is -3.77. The van der Waals surface area contributed by atoms with E-state index >= 15 is 0 Å². The van der Waals surface area contributed by atoms with E-state index in [0.717, 1.165) is 19.7 Å². The first-order valence-corrected chi connectivity index (χ1v) is 11.7. The number of hydrogen-bond donors (Lipinski definition) is 1. The van der Waals surface area contributed by atoms with Crippen molar-refractivity contribution in [3.8, 4) is 0 Å². The molecule has 0 saturated carbocycles. The molecule has 0 unspecified atom stereocenters. The van der Waals surface area contributed by atoms with Crippen LogP contribution in [-0.4, -0.2) is 32.2 Å². The average Bonchev–Trinajstić information content (AvgIpc) is 2.72. The summed E-state index contributed by atoms with van der Waals surface area (Å²) in [5.74, 6) is -0.396. The monoisotopic (exact) mass is 440 g/mol. The summed E-state index contributed by atoms with van der Waals surface area (Å²) in [6.07, 6.45) is 0. The zero-order valence-electron chi connectivity index (χ0n) is 17.1. The van der Waals surface area contributed by atoms with E-state index in [1.54, 1.807) is 19.1 Å². The van der Waals surface area contributed by atoms with Gasteiger partial charge in [0.1, 0.15) is 0 Å². The first-order valence-electron chi connectivity index (χ1n) is 9.43. The Kier molecular flexibility index (Phi) is 6.97. The maximum Gasteiger partial charge on any atom is 0.243 e. The molecule has 0 bridgehead atoms. The fraction of sp³-hybridized carbons (Fsp3) is 0.174. The van der Waals surface area contributed by atoms with Crippen LogP contribution in [0.25, 0.3) is 0 Å². The third kappa shape index (κ3) is 5.30. The zero-order valence-corrected chi connectivity index (χ0v) is 18.8. The summed E-state index contributed by atoms with van der Waals surface area (Å²) < 4.78 is 27.0. The number of carbonyl (C=O) groups is 1. The molecule has 1 N–H and O–H groups in total. The number of rotatable bonds is 7. The SMILES string of the molecule is Cc1ccc(C)c(S(=O)(=O)N(C)CC(=O)Nc2ccccc2Sc2ccccc2)c1. The van der Waals surface area contributed by atoms with E-state index in [4.69, 9.17) is 0 Å². The zero-order chi connectivity index (χ0) is 21.7. The van der Waals surface area contributed by atoms with Crippen LogP contribution in [0, 0.1) is 13.8 Å². The van der Waals surface area contributed by atoms with E-state index in [1.165, 1.54) is 18.8 Å². The van der Waals surface area contributed by atoms with Gasteiger partial charge in [0.2, 0.25) is 15.9 Å². The third-order valence-corrected chi connectivity index (χ3v) is 7.56.